The average molecular weight is 381 g/mol. The molecule has 2 heterocycles. The highest BCUT2D eigenvalue weighted by molar-refractivity contribution is 5.69. The predicted octanol–water partition coefficient (Wildman–Crippen LogP) is 2.16. The standard InChI is InChI=1S/C19H31N3O5/c1-3-5-6-7-8-9-17(24)26-14-12-16(27-19(14,4-2)13-23)22-11-10-15(20)21-18(22)25/h10-11,14,16,23H,3-9,12-13H2,1-2H3,(H2,20,21,25)/t14?,16-,19-/m1/s1. The van der Waals surface area contributed by atoms with E-state index in [1.807, 2.05) is 6.92 Å². The Morgan fingerprint density at radius 3 is 2.78 bits per heavy atom. The van der Waals surface area contributed by atoms with Gasteiger partial charge < -0.3 is 20.3 Å². The number of esters is 1. The number of hydrogen-bond donors (Lipinski definition) is 2. The number of nitrogens with two attached hydrogens (primary N) is 1. The zero-order valence-electron chi connectivity index (χ0n) is 16.2. The van der Waals surface area contributed by atoms with Crippen molar-refractivity contribution in [3.63, 3.8) is 0 Å². The molecule has 1 aliphatic heterocycles. The molecule has 1 unspecified atom stereocenters. The van der Waals surface area contributed by atoms with Crippen LogP contribution in [0, 0.1) is 0 Å². The average Bonchev–Trinajstić information content (AvgIpc) is 3.00. The van der Waals surface area contributed by atoms with Crippen LogP contribution < -0.4 is 11.4 Å². The Labute approximate surface area is 159 Å². The van der Waals surface area contributed by atoms with Gasteiger partial charge in [0, 0.05) is 19.0 Å². The van der Waals surface area contributed by atoms with Gasteiger partial charge in [-0.15, -0.1) is 0 Å². The summed E-state index contributed by atoms with van der Waals surface area (Å²) in [5.41, 5.74) is 3.97. The zero-order valence-corrected chi connectivity index (χ0v) is 16.2. The van der Waals surface area contributed by atoms with Gasteiger partial charge in [-0.1, -0.05) is 39.5 Å². The van der Waals surface area contributed by atoms with E-state index in [-0.39, 0.29) is 24.8 Å². The first kappa shape index (κ1) is 21.4. The molecule has 2 rings (SSSR count). The van der Waals surface area contributed by atoms with Gasteiger partial charge in [-0.2, -0.15) is 4.98 Å². The second-order valence-corrected chi connectivity index (χ2v) is 7.07. The smallest absolute Gasteiger partial charge is 0.351 e. The molecule has 0 amide bonds. The summed E-state index contributed by atoms with van der Waals surface area (Å²) in [5, 5.41) is 9.91. The number of carbonyl (C=O) groups excluding carboxylic acids is 1. The van der Waals surface area contributed by atoms with E-state index in [0.717, 1.165) is 25.7 Å². The molecule has 0 saturated carbocycles. The van der Waals surface area contributed by atoms with Crippen molar-refractivity contribution in [3.05, 3.63) is 22.7 Å². The molecule has 1 saturated heterocycles. The molecule has 1 fully saturated rings. The fourth-order valence-electron chi connectivity index (χ4n) is 3.42. The molecule has 8 heteroatoms. The summed E-state index contributed by atoms with van der Waals surface area (Å²) < 4.78 is 12.9. The number of aromatic nitrogens is 2. The number of hydrogen-bond acceptors (Lipinski definition) is 7. The number of ether oxygens (including phenoxy) is 2. The summed E-state index contributed by atoms with van der Waals surface area (Å²) in [6.07, 6.45) is 6.51. The topological polar surface area (TPSA) is 117 Å². The van der Waals surface area contributed by atoms with Crippen molar-refractivity contribution >= 4 is 11.8 Å². The summed E-state index contributed by atoms with van der Waals surface area (Å²) in [7, 11) is 0. The molecule has 8 nitrogen and oxygen atoms in total. The maximum Gasteiger partial charge on any atom is 0.351 e. The monoisotopic (exact) mass is 381 g/mol. The Morgan fingerprint density at radius 2 is 2.15 bits per heavy atom. The molecule has 0 radical (unpaired) electrons. The van der Waals surface area contributed by atoms with Crippen molar-refractivity contribution in [2.45, 2.75) is 83.1 Å². The Hall–Kier alpha value is -1.93. The van der Waals surface area contributed by atoms with Crippen molar-refractivity contribution in [2.75, 3.05) is 12.3 Å². The van der Waals surface area contributed by atoms with E-state index in [1.54, 1.807) is 0 Å². The lowest BCUT2D eigenvalue weighted by atomic mass is 9.94. The van der Waals surface area contributed by atoms with Crippen LogP contribution in [0.25, 0.3) is 0 Å². The lowest BCUT2D eigenvalue weighted by molar-refractivity contribution is -0.169. The first-order valence-corrected chi connectivity index (χ1v) is 9.78. The van der Waals surface area contributed by atoms with Crippen LogP contribution in [0.15, 0.2) is 17.1 Å². The molecule has 3 atom stereocenters. The fraction of sp³-hybridized carbons (Fsp3) is 0.737. The number of nitrogen functional groups attached to an aromatic ring is 1. The van der Waals surface area contributed by atoms with Gasteiger partial charge in [0.1, 0.15) is 23.8 Å². The quantitative estimate of drug-likeness (QED) is 0.471. The molecule has 0 aromatic carbocycles. The van der Waals surface area contributed by atoms with Crippen molar-refractivity contribution in [1.82, 2.24) is 9.55 Å². The van der Waals surface area contributed by atoms with Gasteiger partial charge in [0.05, 0.1) is 6.61 Å². The van der Waals surface area contributed by atoms with Crippen LogP contribution in [0.4, 0.5) is 5.82 Å². The van der Waals surface area contributed by atoms with Gasteiger partial charge in [-0.05, 0) is 18.9 Å². The van der Waals surface area contributed by atoms with Gasteiger partial charge in [0.25, 0.3) is 0 Å². The van der Waals surface area contributed by atoms with Crippen molar-refractivity contribution in [1.29, 1.82) is 0 Å². The molecular weight excluding hydrogens is 350 g/mol. The number of aliphatic hydroxyl groups is 1. The van der Waals surface area contributed by atoms with E-state index >= 15 is 0 Å². The third-order valence-electron chi connectivity index (χ3n) is 5.16. The molecular formula is C19H31N3O5. The van der Waals surface area contributed by atoms with Crippen LogP contribution in [0.1, 0.15) is 71.4 Å². The number of aliphatic hydroxyl groups excluding tert-OH is 1. The molecule has 3 N–H and O–H groups in total. The van der Waals surface area contributed by atoms with Crippen molar-refractivity contribution in [3.8, 4) is 0 Å². The maximum atomic E-state index is 12.2. The van der Waals surface area contributed by atoms with Gasteiger partial charge in [-0.3, -0.25) is 9.36 Å². The zero-order chi connectivity index (χ0) is 19.9. The Kier molecular flexibility index (Phi) is 7.79. The molecule has 1 aromatic heterocycles. The number of anilines is 1. The van der Waals surface area contributed by atoms with Crippen LogP contribution >= 0.6 is 0 Å². The number of unbranched alkanes of at least 4 members (excludes halogenated alkanes) is 4. The predicted molar refractivity (Wildman–Crippen MR) is 101 cm³/mol. The van der Waals surface area contributed by atoms with Crippen LogP contribution in [-0.2, 0) is 14.3 Å². The van der Waals surface area contributed by atoms with E-state index in [4.69, 9.17) is 15.2 Å². The Balaban J connectivity index is 2.03. The third-order valence-corrected chi connectivity index (χ3v) is 5.16. The normalized spacial score (nSPS) is 24.9. The molecule has 152 valence electrons. The van der Waals surface area contributed by atoms with E-state index in [0.29, 0.717) is 12.8 Å². The summed E-state index contributed by atoms with van der Waals surface area (Å²) >= 11 is 0. The van der Waals surface area contributed by atoms with Gasteiger partial charge in [-0.25, -0.2) is 4.79 Å². The minimum atomic E-state index is -1.02. The minimum Gasteiger partial charge on any atom is -0.459 e. The van der Waals surface area contributed by atoms with Crippen LogP contribution in [-0.4, -0.2) is 38.9 Å². The van der Waals surface area contributed by atoms with Crippen LogP contribution in [0.2, 0.25) is 0 Å². The van der Waals surface area contributed by atoms with E-state index in [9.17, 15) is 14.7 Å². The fourth-order valence-corrected chi connectivity index (χ4v) is 3.42. The summed E-state index contributed by atoms with van der Waals surface area (Å²) in [6, 6.07) is 1.51. The second-order valence-electron chi connectivity index (χ2n) is 7.07. The summed E-state index contributed by atoms with van der Waals surface area (Å²) in [4.78, 5) is 28.0. The van der Waals surface area contributed by atoms with Gasteiger partial charge in [0.2, 0.25) is 0 Å². The number of carbonyl (C=O) groups is 1. The highest BCUT2D eigenvalue weighted by atomic mass is 16.6. The highest BCUT2D eigenvalue weighted by Gasteiger charge is 2.50. The SMILES string of the molecule is CCCCCCCC(=O)OC1C[C@H](n2ccc(N)nc2=O)O[C@]1(CC)CO. The Bertz CT molecular complexity index is 672. The van der Waals surface area contributed by atoms with E-state index in [2.05, 4.69) is 11.9 Å². The Morgan fingerprint density at radius 1 is 1.41 bits per heavy atom. The molecule has 0 bridgehead atoms. The summed E-state index contributed by atoms with van der Waals surface area (Å²) in [5.74, 6) is -0.168. The second kappa shape index (κ2) is 9.85. The maximum absolute atomic E-state index is 12.2. The molecule has 27 heavy (non-hydrogen) atoms. The first-order valence-electron chi connectivity index (χ1n) is 9.78. The van der Waals surface area contributed by atoms with Gasteiger partial charge >= 0.3 is 11.7 Å². The largest absolute Gasteiger partial charge is 0.459 e. The number of nitrogens with zero attached hydrogens (tertiary/aromatic N) is 2. The lowest BCUT2D eigenvalue weighted by Crippen LogP contribution is -2.45. The van der Waals surface area contributed by atoms with Crippen molar-refractivity contribution in [2.24, 2.45) is 0 Å². The van der Waals surface area contributed by atoms with Gasteiger partial charge in [0.15, 0.2) is 0 Å². The molecule has 0 spiro atoms. The number of rotatable bonds is 10. The molecule has 1 aromatic rings. The van der Waals surface area contributed by atoms with Crippen LogP contribution in [0.3, 0.4) is 0 Å². The van der Waals surface area contributed by atoms with E-state index < -0.39 is 23.6 Å². The highest BCUT2D eigenvalue weighted by Crippen LogP contribution is 2.40. The third kappa shape index (κ3) is 5.29. The first-order chi connectivity index (χ1) is 13.0. The lowest BCUT2D eigenvalue weighted by Gasteiger charge is -2.31. The van der Waals surface area contributed by atoms with E-state index in [1.165, 1.54) is 23.3 Å². The van der Waals surface area contributed by atoms with Crippen molar-refractivity contribution < 1.29 is 19.4 Å². The minimum absolute atomic E-state index is 0.129. The molecule has 0 aliphatic carbocycles. The summed E-state index contributed by atoms with van der Waals surface area (Å²) in [6.45, 7) is 3.70. The molecule has 1 aliphatic rings. The van der Waals surface area contributed by atoms with Crippen LogP contribution in [0.5, 0.6) is 0 Å².